The van der Waals surface area contributed by atoms with Gasteiger partial charge in [0, 0.05) is 44.1 Å². The van der Waals surface area contributed by atoms with Crippen molar-refractivity contribution >= 4 is 28.6 Å². The highest BCUT2D eigenvalue weighted by atomic mass is 19.1. The summed E-state index contributed by atoms with van der Waals surface area (Å²) in [5, 5.41) is 5.93. The second kappa shape index (κ2) is 7.98. The third kappa shape index (κ3) is 3.84. The number of imidazole rings is 1. The lowest BCUT2D eigenvalue weighted by Crippen LogP contribution is -2.21. The fourth-order valence-corrected chi connectivity index (χ4v) is 3.55. The maximum atomic E-state index is 13.7. The molecule has 0 radical (unpaired) electrons. The Morgan fingerprint density at radius 2 is 1.96 bits per heavy atom. The van der Waals surface area contributed by atoms with E-state index < -0.39 is 0 Å². The second-order valence-electron chi connectivity index (χ2n) is 7.02. The molecule has 0 unspecified atom stereocenters. The van der Waals surface area contributed by atoms with E-state index in [4.69, 9.17) is 4.74 Å². The molecule has 0 atom stereocenters. The van der Waals surface area contributed by atoms with Crippen LogP contribution >= 0.6 is 0 Å². The monoisotopic (exact) mass is 382 g/mol. The smallest absolute Gasteiger partial charge is 0.251 e. The summed E-state index contributed by atoms with van der Waals surface area (Å²) in [5.74, 6) is 0.727. The third-order valence-electron chi connectivity index (χ3n) is 5.12. The average molecular weight is 382 g/mol. The highest BCUT2D eigenvalue weighted by Crippen LogP contribution is 2.27. The topological polar surface area (TPSA) is 68.2 Å². The van der Waals surface area contributed by atoms with Crippen molar-refractivity contribution < 1.29 is 13.9 Å². The number of hydrogen-bond donors (Lipinski definition) is 2. The predicted molar refractivity (Wildman–Crippen MR) is 106 cm³/mol. The summed E-state index contributed by atoms with van der Waals surface area (Å²) in [7, 11) is 1.60. The Balaban J connectivity index is 1.64. The van der Waals surface area contributed by atoms with E-state index in [0.717, 1.165) is 43.8 Å². The van der Waals surface area contributed by atoms with Crippen molar-refractivity contribution in [1.82, 2.24) is 14.9 Å². The SMILES string of the molecule is CNC(=O)c1ccc(Nc2nc3cc(F)ccc3n2CC2CCOCC2)cc1. The molecule has 1 aliphatic rings. The zero-order chi connectivity index (χ0) is 19.5. The third-order valence-corrected chi connectivity index (χ3v) is 5.12. The number of nitrogens with zero attached hydrogens (tertiary/aromatic N) is 2. The van der Waals surface area contributed by atoms with Crippen LogP contribution in [0.4, 0.5) is 16.0 Å². The van der Waals surface area contributed by atoms with Gasteiger partial charge in [-0.1, -0.05) is 0 Å². The van der Waals surface area contributed by atoms with E-state index in [9.17, 15) is 9.18 Å². The molecule has 3 aromatic rings. The maximum absolute atomic E-state index is 13.7. The molecule has 146 valence electrons. The molecule has 1 fully saturated rings. The molecule has 1 aliphatic heterocycles. The molecule has 4 rings (SSSR count). The van der Waals surface area contributed by atoms with Crippen LogP contribution in [0.5, 0.6) is 0 Å². The number of rotatable bonds is 5. The minimum absolute atomic E-state index is 0.131. The van der Waals surface area contributed by atoms with E-state index >= 15 is 0 Å². The molecule has 2 aromatic carbocycles. The first kappa shape index (κ1) is 18.4. The van der Waals surface area contributed by atoms with Crippen molar-refractivity contribution in [1.29, 1.82) is 0 Å². The zero-order valence-corrected chi connectivity index (χ0v) is 15.7. The van der Waals surface area contributed by atoms with Crippen LogP contribution in [0.15, 0.2) is 42.5 Å². The molecule has 7 heteroatoms. The van der Waals surface area contributed by atoms with Crippen molar-refractivity contribution in [2.75, 3.05) is 25.6 Å². The molecule has 0 saturated carbocycles. The summed E-state index contributed by atoms with van der Waals surface area (Å²) in [6, 6.07) is 11.9. The first-order valence-corrected chi connectivity index (χ1v) is 9.47. The molecule has 1 saturated heterocycles. The van der Waals surface area contributed by atoms with Crippen LogP contribution in [-0.2, 0) is 11.3 Å². The van der Waals surface area contributed by atoms with Crippen molar-refractivity contribution in [3.05, 3.63) is 53.8 Å². The van der Waals surface area contributed by atoms with E-state index in [-0.39, 0.29) is 11.7 Å². The fourth-order valence-electron chi connectivity index (χ4n) is 3.55. The summed E-state index contributed by atoms with van der Waals surface area (Å²) >= 11 is 0. The molecule has 0 spiro atoms. The van der Waals surface area contributed by atoms with Gasteiger partial charge in [-0.05, 0) is 55.2 Å². The van der Waals surface area contributed by atoms with Gasteiger partial charge in [-0.15, -0.1) is 0 Å². The van der Waals surface area contributed by atoms with Crippen molar-refractivity contribution in [3.8, 4) is 0 Å². The summed E-state index contributed by atoms with van der Waals surface area (Å²) in [4.78, 5) is 16.3. The molecule has 2 heterocycles. The number of fused-ring (bicyclic) bond motifs is 1. The van der Waals surface area contributed by atoms with Gasteiger partial charge in [0.05, 0.1) is 11.0 Å². The van der Waals surface area contributed by atoms with Crippen molar-refractivity contribution in [2.24, 2.45) is 5.92 Å². The molecular formula is C21H23FN4O2. The summed E-state index contributed by atoms with van der Waals surface area (Å²) in [5.41, 5.74) is 2.93. The predicted octanol–water partition coefficient (Wildman–Crippen LogP) is 3.71. The fraction of sp³-hybridized carbons (Fsp3) is 0.333. The van der Waals surface area contributed by atoms with Crippen LogP contribution in [-0.4, -0.2) is 35.7 Å². The van der Waals surface area contributed by atoms with Crippen LogP contribution in [0, 0.1) is 11.7 Å². The number of nitrogens with one attached hydrogen (secondary N) is 2. The number of hydrogen-bond acceptors (Lipinski definition) is 4. The lowest BCUT2D eigenvalue weighted by atomic mass is 10.0. The molecule has 6 nitrogen and oxygen atoms in total. The first-order chi connectivity index (χ1) is 13.6. The quantitative estimate of drug-likeness (QED) is 0.706. The Morgan fingerprint density at radius 3 is 2.68 bits per heavy atom. The average Bonchev–Trinajstić information content (AvgIpc) is 3.04. The Bertz CT molecular complexity index is 978. The Kier molecular flexibility index (Phi) is 5.25. The van der Waals surface area contributed by atoms with Crippen molar-refractivity contribution in [3.63, 3.8) is 0 Å². The van der Waals surface area contributed by atoms with Crippen molar-refractivity contribution in [2.45, 2.75) is 19.4 Å². The number of benzene rings is 2. The Morgan fingerprint density at radius 1 is 1.21 bits per heavy atom. The molecule has 1 aromatic heterocycles. The number of anilines is 2. The number of carbonyl (C=O) groups excluding carboxylic acids is 1. The molecule has 0 aliphatic carbocycles. The lowest BCUT2D eigenvalue weighted by molar-refractivity contribution is 0.0617. The summed E-state index contributed by atoms with van der Waals surface area (Å²) in [6.07, 6.45) is 2.00. The number of carbonyl (C=O) groups is 1. The first-order valence-electron chi connectivity index (χ1n) is 9.47. The number of ether oxygens (including phenoxy) is 1. The van der Waals surface area contributed by atoms with Crippen LogP contribution < -0.4 is 10.6 Å². The lowest BCUT2D eigenvalue weighted by Gasteiger charge is -2.23. The van der Waals surface area contributed by atoms with Crippen LogP contribution in [0.2, 0.25) is 0 Å². The van der Waals surface area contributed by atoms with Gasteiger partial charge >= 0.3 is 0 Å². The Labute approximate surface area is 162 Å². The number of halogens is 1. The van der Waals surface area contributed by atoms with Gasteiger partial charge in [-0.2, -0.15) is 0 Å². The van der Waals surface area contributed by atoms with E-state index in [1.165, 1.54) is 12.1 Å². The van der Waals surface area contributed by atoms with Gasteiger partial charge in [0.25, 0.3) is 5.91 Å². The molecular weight excluding hydrogens is 359 g/mol. The molecule has 2 N–H and O–H groups in total. The van der Waals surface area contributed by atoms with Crippen LogP contribution in [0.25, 0.3) is 11.0 Å². The largest absolute Gasteiger partial charge is 0.381 e. The standard InChI is InChI=1S/C21H23FN4O2/c1-23-20(27)15-2-5-17(6-3-15)24-21-25-18-12-16(22)4-7-19(18)26(21)13-14-8-10-28-11-9-14/h2-7,12,14H,8-11,13H2,1H3,(H,23,27)(H,24,25). The van der Waals surface area contributed by atoms with E-state index in [0.29, 0.717) is 22.9 Å². The van der Waals surface area contributed by atoms with E-state index in [1.807, 2.05) is 12.1 Å². The molecule has 1 amide bonds. The van der Waals surface area contributed by atoms with Gasteiger partial charge in [-0.25, -0.2) is 9.37 Å². The van der Waals surface area contributed by atoms with Crippen LogP contribution in [0.1, 0.15) is 23.2 Å². The Hall–Kier alpha value is -2.93. The van der Waals surface area contributed by atoms with Gasteiger partial charge in [-0.3, -0.25) is 4.79 Å². The van der Waals surface area contributed by atoms with Gasteiger partial charge < -0.3 is 19.9 Å². The highest BCUT2D eigenvalue weighted by Gasteiger charge is 2.19. The summed E-state index contributed by atoms with van der Waals surface area (Å²) < 4.78 is 21.3. The van der Waals surface area contributed by atoms with Gasteiger partial charge in [0.1, 0.15) is 5.82 Å². The van der Waals surface area contributed by atoms with Crippen LogP contribution in [0.3, 0.4) is 0 Å². The van der Waals surface area contributed by atoms with E-state index in [2.05, 4.69) is 20.2 Å². The summed E-state index contributed by atoms with van der Waals surface area (Å²) in [6.45, 7) is 2.34. The van der Waals surface area contributed by atoms with Gasteiger partial charge in [0.15, 0.2) is 0 Å². The minimum Gasteiger partial charge on any atom is -0.381 e. The molecule has 0 bridgehead atoms. The number of aromatic nitrogens is 2. The normalized spacial score (nSPS) is 14.9. The van der Waals surface area contributed by atoms with Gasteiger partial charge in [0.2, 0.25) is 5.95 Å². The second-order valence-corrected chi connectivity index (χ2v) is 7.02. The molecule has 28 heavy (non-hydrogen) atoms. The maximum Gasteiger partial charge on any atom is 0.251 e. The zero-order valence-electron chi connectivity index (χ0n) is 15.7. The van der Waals surface area contributed by atoms with E-state index in [1.54, 1.807) is 25.2 Å². The minimum atomic E-state index is -0.301. The highest BCUT2D eigenvalue weighted by molar-refractivity contribution is 5.94. The number of amides is 1.